The fourth-order valence-corrected chi connectivity index (χ4v) is 1.94. The Balaban J connectivity index is 0.00000576. The number of methoxy groups -OCH3 is 1. The third-order valence-corrected chi connectivity index (χ3v) is 3.41. The topological polar surface area (TPSA) is 74.8 Å². The quantitative estimate of drug-likeness (QED) is 0.216. The molecule has 142 valence electrons. The summed E-state index contributed by atoms with van der Waals surface area (Å²) in [4.78, 5) is 16.3. The predicted octanol–water partition coefficient (Wildman–Crippen LogP) is 2.21. The fraction of sp³-hybridized carbons (Fsp3) is 0.556. The zero-order chi connectivity index (χ0) is 17.6. The van der Waals surface area contributed by atoms with Gasteiger partial charge in [-0.3, -0.25) is 4.79 Å². The van der Waals surface area contributed by atoms with Gasteiger partial charge in [0, 0.05) is 20.2 Å². The van der Waals surface area contributed by atoms with Crippen LogP contribution in [0.25, 0.3) is 0 Å². The number of ether oxygens (including phenoxy) is 1. The molecule has 6 nitrogen and oxygen atoms in total. The maximum absolute atomic E-state index is 11.8. The SMILES string of the molecule is CCCCNC(=NCc1ccc(C)cc1)NCC(=O)NCCOC.I. The van der Waals surface area contributed by atoms with Crippen molar-refractivity contribution in [3.05, 3.63) is 35.4 Å². The molecule has 0 fully saturated rings. The summed E-state index contributed by atoms with van der Waals surface area (Å²) < 4.78 is 4.91. The Morgan fingerprint density at radius 3 is 2.48 bits per heavy atom. The summed E-state index contributed by atoms with van der Waals surface area (Å²) in [6.45, 7) is 6.82. The number of aryl methyl sites for hydroxylation is 1. The van der Waals surface area contributed by atoms with Gasteiger partial charge < -0.3 is 20.7 Å². The summed E-state index contributed by atoms with van der Waals surface area (Å²) >= 11 is 0. The molecule has 0 aromatic heterocycles. The second kappa shape index (κ2) is 14.9. The number of guanidine groups is 1. The zero-order valence-electron chi connectivity index (χ0n) is 15.4. The van der Waals surface area contributed by atoms with Crippen LogP contribution in [0.4, 0.5) is 0 Å². The predicted molar refractivity (Wildman–Crippen MR) is 114 cm³/mol. The molecule has 1 aromatic rings. The molecular weight excluding hydrogens is 431 g/mol. The third kappa shape index (κ3) is 11.8. The largest absolute Gasteiger partial charge is 0.383 e. The molecule has 0 atom stereocenters. The molecule has 3 N–H and O–H groups in total. The average Bonchev–Trinajstić information content (AvgIpc) is 2.58. The Morgan fingerprint density at radius 2 is 1.84 bits per heavy atom. The molecule has 25 heavy (non-hydrogen) atoms. The van der Waals surface area contributed by atoms with Gasteiger partial charge in [-0.2, -0.15) is 0 Å². The molecule has 0 unspecified atom stereocenters. The Morgan fingerprint density at radius 1 is 1.12 bits per heavy atom. The summed E-state index contributed by atoms with van der Waals surface area (Å²) in [5, 5.41) is 9.11. The van der Waals surface area contributed by atoms with Gasteiger partial charge in [-0.25, -0.2) is 4.99 Å². The molecule has 0 aliphatic heterocycles. The van der Waals surface area contributed by atoms with Crippen molar-refractivity contribution in [2.75, 3.05) is 33.4 Å². The number of nitrogens with zero attached hydrogens (tertiary/aromatic N) is 1. The Bertz CT molecular complexity index is 506. The van der Waals surface area contributed by atoms with Crippen molar-refractivity contribution in [2.24, 2.45) is 4.99 Å². The molecular formula is C18H31IN4O2. The van der Waals surface area contributed by atoms with Gasteiger partial charge in [0.05, 0.1) is 19.7 Å². The highest BCUT2D eigenvalue weighted by Crippen LogP contribution is 2.04. The van der Waals surface area contributed by atoms with E-state index in [4.69, 9.17) is 4.74 Å². The Hall–Kier alpha value is -1.35. The number of hydrogen-bond acceptors (Lipinski definition) is 3. The highest BCUT2D eigenvalue weighted by atomic mass is 127. The van der Waals surface area contributed by atoms with E-state index in [1.54, 1.807) is 7.11 Å². The van der Waals surface area contributed by atoms with Crippen molar-refractivity contribution in [3.63, 3.8) is 0 Å². The maximum atomic E-state index is 11.8. The fourth-order valence-electron chi connectivity index (χ4n) is 1.94. The van der Waals surface area contributed by atoms with E-state index < -0.39 is 0 Å². The number of unbranched alkanes of at least 4 members (excludes halogenated alkanes) is 1. The number of amides is 1. The lowest BCUT2D eigenvalue weighted by Crippen LogP contribution is -2.44. The average molecular weight is 462 g/mol. The van der Waals surface area contributed by atoms with Crippen molar-refractivity contribution < 1.29 is 9.53 Å². The molecule has 0 saturated carbocycles. The van der Waals surface area contributed by atoms with E-state index in [1.807, 2.05) is 0 Å². The normalized spacial score (nSPS) is 10.8. The Kier molecular flexibility index (Phi) is 14.1. The van der Waals surface area contributed by atoms with Crippen molar-refractivity contribution in [1.82, 2.24) is 16.0 Å². The van der Waals surface area contributed by atoms with Crippen LogP contribution in [0.2, 0.25) is 0 Å². The van der Waals surface area contributed by atoms with Gasteiger partial charge in [0.15, 0.2) is 5.96 Å². The van der Waals surface area contributed by atoms with Crippen LogP contribution in [0, 0.1) is 6.92 Å². The van der Waals surface area contributed by atoms with Gasteiger partial charge in [-0.1, -0.05) is 43.2 Å². The number of rotatable bonds is 10. The van der Waals surface area contributed by atoms with Crippen LogP contribution in [0.1, 0.15) is 30.9 Å². The molecule has 0 aliphatic carbocycles. The molecule has 0 saturated heterocycles. The minimum atomic E-state index is -0.0765. The number of carbonyl (C=O) groups is 1. The summed E-state index contributed by atoms with van der Waals surface area (Å²) in [5.74, 6) is 0.582. The van der Waals surface area contributed by atoms with Gasteiger partial charge in [0.2, 0.25) is 5.91 Å². The van der Waals surface area contributed by atoms with Crippen LogP contribution in [0.15, 0.2) is 29.3 Å². The van der Waals surface area contributed by atoms with E-state index in [2.05, 4.69) is 59.1 Å². The first-order valence-electron chi connectivity index (χ1n) is 8.49. The van der Waals surface area contributed by atoms with Crippen LogP contribution < -0.4 is 16.0 Å². The molecule has 7 heteroatoms. The van der Waals surface area contributed by atoms with E-state index in [0.717, 1.165) is 24.9 Å². The highest BCUT2D eigenvalue weighted by molar-refractivity contribution is 14.0. The van der Waals surface area contributed by atoms with Gasteiger partial charge in [-0.15, -0.1) is 24.0 Å². The number of halogens is 1. The summed E-state index contributed by atoms with van der Waals surface area (Å²) in [6, 6.07) is 8.29. The second-order valence-electron chi connectivity index (χ2n) is 5.63. The van der Waals surface area contributed by atoms with Crippen molar-refractivity contribution in [3.8, 4) is 0 Å². The lowest BCUT2D eigenvalue weighted by Gasteiger charge is -2.12. The van der Waals surface area contributed by atoms with Gasteiger partial charge in [-0.05, 0) is 18.9 Å². The molecule has 0 heterocycles. The van der Waals surface area contributed by atoms with Gasteiger partial charge in [0.25, 0.3) is 0 Å². The lowest BCUT2D eigenvalue weighted by atomic mass is 10.1. The lowest BCUT2D eigenvalue weighted by molar-refractivity contribution is -0.120. The zero-order valence-corrected chi connectivity index (χ0v) is 17.8. The van der Waals surface area contributed by atoms with Crippen LogP contribution in [0.5, 0.6) is 0 Å². The first kappa shape index (κ1) is 23.6. The van der Waals surface area contributed by atoms with E-state index in [9.17, 15) is 4.79 Å². The van der Waals surface area contributed by atoms with Crippen LogP contribution >= 0.6 is 24.0 Å². The number of aliphatic imine (C=N–C) groups is 1. The summed E-state index contributed by atoms with van der Waals surface area (Å²) in [7, 11) is 1.61. The van der Waals surface area contributed by atoms with E-state index in [-0.39, 0.29) is 36.4 Å². The van der Waals surface area contributed by atoms with E-state index in [1.165, 1.54) is 5.56 Å². The monoisotopic (exact) mass is 462 g/mol. The summed E-state index contributed by atoms with van der Waals surface area (Å²) in [6.07, 6.45) is 2.17. The van der Waals surface area contributed by atoms with Crippen molar-refractivity contribution in [1.29, 1.82) is 0 Å². The highest BCUT2D eigenvalue weighted by Gasteiger charge is 2.03. The van der Waals surface area contributed by atoms with Crippen LogP contribution in [0.3, 0.4) is 0 Å². The first-order chi connectivity index (χ1) is 11.7. The molecule has 0 spiro atoms. The minimum absolute atomic E-state index is 0. The molecule has 0 aliphatic rings. The summed E-state index contributed by atoms with van der Waals surface area (Å²) in [5.41, 5.74) is 2.37. The molecule has 0 radical (unpaired) electrons. The van der Waals surface area contributed by atoms with Crippen molar-refractivity contribution >= 4 is 35.8 Å². The molecule has 1 rings (SSSR count). The number of carbonyl (C=O) groups excluding carboxylic acids is 1. The molecule has 1 aromatic carbocycles. The number of hydrogen-bond donors (Lipinski definition) is 3. The van der Waals surface area contributed by atoms with Gasteiger partial charge >= 0.3 is 0 Å². The molecule has 0 bridgehead atoms. The molecule has 1 amide bonds. The Labute approximate surface area is 168 Å². The van der Waals surface area contributed by atoms with E-state index >= 15 is 0 Å². The minimum Gasteiger partial charge on any atom is -0.383 e. The smallest absolute Gasteiger partial charge is 0.239 e. The van der Waals surface area contributed by atoms with Crippen LogP contribution in [-0.2, 0) is 16.1 Å². The number of nitrogens with one attached hydrogen (secondary N) is 3. The third-order valence-electron chi connectivity index (χ3n) is 3.41. The van der Waals surface area contributed by atoms with E-state index in [0.29, 0.717) is 25.7 Å². The van der Waals surface area contributed by atoms with Crippen molar-refractivity contribution in [2.45, 2.75) is 33.2 Å². The van der Waals surface area contributed by atoms with Crippen LogP contribution in [-0.4, -0.2) is 45.2 Å². The number of benzene rings is 1. The first-order valence-corrected chi connectivity index (χ1v) is 8.49. The maximum Gasteiger partial charge on any atom is 0.239 e. The van der Waals surface area contributed by atoms with Gasteiger partial charge in [0.1, 0.15) is 0 Å². The standard InChI is InChI=1S/C18H30N4O2.HI/c1-4-5-10-20-18(22-14-17(23)19-11-12-24-3)21-13-16-8-6-15(2)7-9-16;/h6-9H,4-5,10-14H2,1-3H3,(H,19,23)(H2,20,21,22);1H. The second-order valence-corrected chi connectivity index (χ2v) is 5.63.